The first-order valence-electron chi connectivity index (χ1n) is 4.83. The van der Waals surface area contributed by atoms with Gasteiger partial charge in [0.2, 0.25) is 0 Å². The molecule has 0 aliphatic rings. The summed E-state index contributed by atoms with van der Waals surface area (Å²) in [5.41, 5.74) is 6.11. The molecule has 0 aliphatic carbocycles. The molecule has 0 amide bonds. The maximum absolute atomic E-state index is 12.9. The van der Waals surface area contributed by atoms with Gasteiger partial charge in [-0.1, -0.05) is 6.92 Å². The van der Waals surface area contributed by atoms with Crippen molar-refractivity contribution in [1.82, 2.24) is 0 Å². The predicted octanol–water partition coefficient (Wildman–Crippen LogP) is 1.93. The molecule has 16 heavy (non-hydrogen) atoms. The van der Waals surface area contributed by atoms with E-state index in [9.17, 15) is 12.8 Å². The second-order valence-corrected chi connectivity index (χ2v) is 6.88. The number of hydrogen-bond acceptors (Lipinski definition) is 4. The number of anilines is 1. The van der Waals surface area contributed by atoms with Crippen LogP contribution < -0.4 is 5.73 Å². The summed E-state index contributed by atoms with van der Waals surface area (Å²) in [4.78, 5) is 0.589. The van der Waals surface area contributed by atoms with Gasteiger partial charge in [0.05, 0.1) is 5.75 Å². The van der Waals surface area contributed by atoms with Crippen molar-refractivity contribution in [2.45, 2.75) is 11.8 Å². The number of sulfone groups is 1. The van der Waals surface area contributed by atoms with Crippen LogP contribution in [-0.2, 0) is 9.84 Å². The summed E-state index contributed by atoms with van der Waals surface area (Å²) < 4.78 is 35.3. The summed E-state index contributed by atoms with van der Waals surface area (Å²) in [5, 5.41) is 0. The Kier molecular flexibility index (Phi) is 4.61. The van der Waals surface area contributed by atoms with Crippen LogP contribution >= 0.6 is 11.8 Å². The SMILES string of the molecule is CCS(=O)(=O)CCSc1cc(F)ccc1N. The minimum Gasteiger partial charge on any atom is -0.398 e. The normalized spacial score (nSPS) is 11.6. The van der Waals surface area contributed by atoms with Crippen LogP contribution in [0.25, 0.3) is 0 Å². The zero-order valence-corrected chi connectivity index (χ0v) is 10.6. The minimum absolute atomic E-state index is 0.0874. The molecule has 0 aliphatic heterocycles. The van der Waals surface area contributed by atoms with Gasteiger partial charge in [-0.2, -0.15) is 0 Å². The third-order valence-corrected chi connectivity index (χ3v) is 5.10. The molecule has 3 nitrogen and oxygen atoms in total. The van der Waals surface area contributed by atoms with Crippen molar-refractivity contribution in [3.63, 3.8) is 0 Å². The van der Waals surface area contributed by atoms with E-state index in [0.717, 1.165) is 0 Å². The second kappa shape index (κ2) is 5.54. The summed E-state index contributed by atoms with van der Waals surface area (Å²) in [7, 11) is -2.97. The summed E-state index contributed by atoms with van der Waals surface area (Å²) in [6, 6.07) is 4.08. The Morgan fingerprint density at radius 3 is 2.75 bits per heavy atom. The van der Waals surface area contributed by atoms with Gasteiger partial charge in [-0.15, -0.1) is 11.8 Å². The number of rotatable bonds is 5. The molecular formula is C10H14FNO2S2. The highest BCUT2D eigenvalue weighted by atomic mass is 32.2. The Labute approximate surface area is 99.1 Å². The van der Waals surface area contributed by atoms with E-state index in [1.54, 1.807) is 6.92 Å². The third-order valence-electron chi connectivity index (χ3n) is 2.07. The Bertz CT molecular complexity index is 460. The van der Waals surface area contributed by atoms with E-state index in [0.29, 0.717) is 16.3 Å². The summed E-state index contributed by atoms with van der Waals surface area (Å²) in [5.74, 6) is 0.246. The first-order valence-corrected chi connectivity index (χ1v) is 7.63. The average Bonchev–Trinajstić information content (AvgIpc) is 2.23. The standard InChI is InChI=1S/C10H14FNO2S2/c1-2-16(13,14)6-5-15-10-7-8(11)3-4-9(10)12/h3-4,7H,2,5-6,12H2,1H3. The molecule has 0 aromatic heterocycles. The molecule has 0 saturated heterocycles. The molecule has 90 valence electrons. The van der Waals surface area contributed by atoms with Gasteiger partial charge in [-0.3, -0.25) is 0 Å². The molecule has 0 unspecified atom stereocenters. The lowest BCUT2D eigenvalue weighted by molar-refractivity contribution is 0.599. The molecule has 0 bridgehead atoms. The fourth-order valence-electron chi connectivity index (χ4n) is 1.06. The van der Waals surface area contributed by atoms with Gasteiger partial charge in [0.1, 0.15) is 5.82 Å². The second-order valence-electron chi connectivity index (χ2n) is 3.27. The number of hydrogen-bond donors (Lipinski definition) is 1. The third kappa shape index (κ3) is 4.02. The van der Waals surface area contributed by atoms with Gasteiger partial charge in [0.15, 0.2) is 9.84 Å². The Morgan fingerprint density at radius 2 is 2.12 bits per heavy atom. The summed E-state index contributed by atoms with van der Waals surface area (Å²) in [6.07, 6.45) is 0. The number of benzene rings is 1. The van der Waals surface area contributed by atoms with Gasteiger partial charge < -0.3 is 5.73 Å². The van der Waals surface area contributed by atoms with Crippen LogP contribution in [0.15, 0.2) is 23.1 Å². The maximum atomic E-state index is 12.9. The topological polar surface area (TPSA) is 60.2 Å². The van der Waals surface area contributed by atoms with Crippen LogP contribution in [0.5, 0.6) is 0 Å². The zero-order chi connectivity index (χ0) is 12.2. The lowest BCUT2D eigenvalue weighted by atomic mass is 10.3. The van der Waals surface area contributed by atoms with Crippen molar-refractivity contribution in [1.29, 1.82) is 0 Å². The molecule has 0 saturated carbocycles. The highest BCUT2D eigenvalue weighted by Gasteiger charge is 2.08. The van der Waals surface area contributed by atoms with E-state index in [-0.39, 0.29) is 17.3 Å². The molecule has 1 aromatic carbocycles. The fraction of sp³-hybridized carbons (Fsp3) is 0.400. The van der Waals surface area contributed by atoms with Crippen molar-refractivity contribution >= 4 is 27.3 Å². The Balaban J connectivity index is 2.59. The quantitative estimate of drug-likeness (QED) is 0.651. The minimum atomic E-state index is -2.97. The van der Waals surface area contributed by atoms with E-state index in [1.165, 1.54) is 30.0 Å². The summed E-state index contributed by atoms with van der Waals surface area (Å²) in [6.45, 7) is 1.61. The molecule has 2 N–H and O–H groups in total. The Morgan fingerprint density at radius 1 is 1.44 bits per heavy atom. The van der Waals surface area contributed by atoms with Crippen molar-refractivity contribution in [3.05, 3.63) is 24.0 Å². The summed E-state index contributed by atoms with van der Waals surface area (Å²) >= 11 is 1.26. The largest absolute Gasteiger partial charge is 0.398 e. The van der Waals surface area contributed by atoms with Crippen molar-refractivity contribution < 1.29 is 12.8 Å². The number of nitrogens with two attached hydrogens (primary N) is 1. The van der Waals surface area contributed by atoms with Crippen LogP contribution in [0.3, 0.4) is 0 Å². The number of thioether (sulfide) groups is 1. The highest BCUT2D eigenvalue weighted by Crippen LogP contribution is 2.25. The van der Waals surface area contributed by atoms with Gasteiger partial charge in [-0.25, -0.2) is 12.8 Å². The van der Waals surface area contributed by atoms with E-state index in [4.69, 9.17) is 5.73 Å². The van der Waals surface area contributed by atoms with Crippen LogP contribution in [-0.4, -0.2) is 25.7 Å². The van der Waals surface area contributed by atoms with E-state index in [1.807, 2.05) is 0 Å². The zero-order valence-electron chi connectivity index (χ0n) is 8.94. The molecule has 1 rings (SSSR count). The van der Waals surface area contributed by atoms with Crippen LogP contribution in [0, 0.1) is 5.82 Å². The molecular weight excluding hydrogens is 249 g/mol. The molecule has 0 heterocycles. The first kappa shape index (κ1) is 13.3. The van der Waals surface area contributed by atoms with E-state index in [2.05, 4.69) is 0 Å². The molecule has 0 spiro atoms. The lowest BCUT2D eigenvalue weighted by Crippen LogP contribution is -2.10. The molecule has 6 heteroatoms. The molecule has 0 radical (unpaired) electrons. The number of nitrogen functional groups attached to an aromatic ring is 1. The lowest BCUT2D eigenvalue weighted by Gasteiger charge is -2.05. The predicted molar refractivity (Wildman–Crippen MR) is 65.9 cm³/mol. The molecule has 0 fully saturated rings. The smallest absolute Gasteiger partial charge is 0.150 e. The number of halogens is 1. The van der Waals surface area contributed by atoms with Crippen LogP contribution in [0.1, 0.15) is 6.92 Å². The van der Waals surface area contributed by atoms with Crippen molar-refractivity contribution in [3.8, 4) is 0 Å². The Hall–Kier alpha value is -0.750. The van der Waals surface area contributed by atoms with Gasteiger partial charge in [0, 0.05) is 22.1 Å². The van der Waals surface area contributed by atoms with Gasteiger partial charge in [-0.05, 0) is 18.2 Å². The monoisotopic (exact) mass is 263 g/mol. The van der Waals surface area contributed by atoms with Crippen LogP contribution in [0.4, 0.5) is 10.1 Å². The van der Waals surface area contributed by atoms with E-state index < -0.39 is 9.84 Å². The average molecular weight is 263 g/mol. The van der Waals surface area contributed by atoms with Gasteiger partial charge >= 0.3 is 0 Å². The van der Waals surface area contributed by atoms with Crippen LogP contribution in [0.2, 0.25) is 0 Å². The molecule has 1 aromatic rings. The first-order chi connectivity index (χ1) is 7.44. The van der Waals surface area contributed by atoms with E-state index >= 15 is 0 Å². The van der Waals surface area contributed by atoms with Gasteiger partial charge in [0.25, 0.3) is 0 Å². The molecule has 0 atom stereocenters. The fourth-order valence-corrected chi connectivity index (χ4v) is 3.34. The van der Waals surface area contributed by atoms with Crippen molar-refractivity contribution in [2.75, 3.05) is 23.0 Å². The maximum Gasteiger partial charge on any atom is 0.150 e. The van der Waals surface area contributed by atoms with Crippen molar-refractivity contribution in [2.24, 2.45) is 0 Å². The highest BCUT2D eigenvalue weighted by molar-refractivity contribution is 8.00.